The van der Waals surface area contributed by atoms with Gasteiger partial charge in [-0.1, -0.05) is 23.4 Å². The molecule has 0 N–H and O–H groups in total. The van der Waals surface area contributed by atoms with Gasteiger partial charge in [-0.2, -0.15) is 4.31 Å². The molecule has 0 saturated carbocycles. The standard InChI is InChI=1S/C20H22N6O4S/c1-30-17-9-4-3-8-16(17)26-19(15-7-5-6-10-21-15)18(22-23-26)20(27)24-11-13-25(14-12-24)31(2,28)29/h3-10H,11-14H2,1-2H3. The highest BCUT2D eigenvalue weighted by Crippen LogP contribution is 2.29. The molecule has 1 amide bonds. The zero-order valence-corrected chi connectivity index (χ0v) is 18.0. The summed E-state index contributed by atoms with van der Waals surface area (Å²) in [5.41, 5.74) is 1.76. The topological polar surface area (TPSA) is 111 Å². The maximum absolute atomic E-state index is 13.3. The lowest BCUT2D eigenvalue weighted by molar-refractivity contribution is 0.0693. The predicted octanol–water partition coefficient (Wildman–Crippen LogP) is 1.06. The van der Waals surface area contributed by atoms with Crippen LogP contribution in [0.3, 0.4) is 0 Å². The van der Waals surface area contributed by atoms with Gasteiger partial charge in [-0.15, -0.1) is 5.10 Å². The minimum Gasteiger partial charge on any atom is -0.494 e. The van der Waals surface area contributed by atoms with Crippen molar-refractivity contribution in [1.82, 2.24) is 29.2 Å². The van der Waals surface area contributed by atoms with Gasteiger partial charge in [0.05, 0.1) is 19.1 Å². The van der Waals surface area contributed by atoms with Gasteiger partial charge < -0.3 is 9.64 Å². The van der Waals surface area contributed by atoms with Gasteiger partial charge in [0.2, 0.25) is 10.0 Å². The fourth-order valence-electron chi connectivity index (χ4n) is 3.50. The summed E-state index contributed by atoms with van der Waals surface area (Å²) in [6, 6.07) is 12.7. The van der Waals surface area contributed by atoms with E-state index in [4.69, 9.17) is 4.74 Å². The number of para-hydroxylation sites is 2. The maximum Gasteiger partial charge on any atom is 0.276 e. The number of aromatic nitrogens is 4. The Morgan fingerprint density at radius 1 is 1.03 bits per heavy atom. The van der Waals surface area contributed by atoms with Crippen LogP contribution in [0.4, 0.5) is 0 Å². The number of piperazine rings is 1. The molecule has 0 radical (unpaired) electrons. The van der Waals surface area contributed by atoms with Gasteiger partial charge >= 0.3 is 0 Å². The molecule has 0 spiro atoms. The molecule has 0 atom stereocenters. The minimum atomic E-state index is -3.29. The summed E-state index contributed by atoms with van der Waals surface area (Å²) < 4.78 is 31.9. The van der Waals surface area contributed by atoms with Crippen LogP contribution < -0.4 is 4.74 Å². The first kappa shape index (κ1) is 20.9. The van der Waals surface area contributed by atoms with Gasteiger partial charge in [-0.3, -0.25) is 9.78 Å². The lowest BCUT2D eigenvalue weighted by Gasteiger charge is -2.32. The molecular weight excluding hydrogens is 420 g/mol. The number of carbonyl (C=O) groups excluding carboxylic acids is 1. The lowest BCUT2D eigenvalue weighted by Crippen LogP contribution is -2.50. The van der Waals surface area contributed by atoms with Crippen LogP contribution in [0.15, 0.2) is 48.7 Å². The van der Waals surface area contributed by atoms with Gasteiger partial charge in [0.15, 0.2) is 5.69 Å². The number of amides is 1. The van der Waals surface area contributed by atoms with E-state index < -0.39 is 10.0 Å². The largest absolute Gasteiger partial charge is 0.494 e. The fourth-order valence-corrected chi connectivity index (χ4v) is 4.33. The van der Waals surface area contributed by atoms with Crippen molar-refractivity contribution in [2.24, 2.45) is 0 Å². The van der Waals surface area contributed by atoms with E-state index in [2.05, 4.69) is 15.3 Å². The molecule has 1 saturated heterocycles. The number of nitrogens with zero attached hydrogens (tertiary/aromatic N) is 6. The summed E-state index contributed by atoms with van der Waals surface area (Å²) in [6.45, 7) is 1.03. The van der Waals surface area contributed by atoms with Gasteiger partial charge in [0, 0.05) is 32.4 Å². The molecule has 2 aromatic heterocycles. The van der Waals surface area contributed by atoms with Crippen LogP contribution in [0.1, 0.15) is 10.5 Å². The van der Waals surface area contributed by atoms with Crippen LogP contribution in [0.5, 0.6) is 5.75 Å². The third-order valence-electron chi connectivity index (χ3n) is 5.09. The molecule has 0 aliphatic carbocycles. The van der Waals surface area contributed by atoms with E-state index in [1.807, 2.05) is 24.3 Å². The fraction of sp³-hybridized carbons (Fsp3) is 0.300. The van der Waals surface area contributed by atoms with E-state index in [9.17, 15) is 13.2 Å². The molecule has 3 heterocycles. The predicted molar refractivity (Wildman–Crippen MR) is 113 cm³/mol. The van der Waals surface area contributed by atoms with Gasteiger partial charge in [0.1, 0.15) is 17.1 Å². The quantitative estimate of drug-likeness (QED) is 0.581. The summed E-state index contributed by atoms with van der Waals surface area (Å²) in [5, 5.41) is 8.42. The van der Waals surface area contributed by atoms with Crippen LogP contribution in [-0.2, 0) is 10.0 Å². The second-order valence-electron chi connectivity index (χ2n) is 7.04. The van der Waals surface area contributed by atoms with Crippen LogP contribution in [0.25, 0.3) is 17.1 Å². The Bertz CT molecular complexity index is 1190. The van der Waals surface area contributed by atoms with Crippen molar-refractivity contribution < 1.29 is 17.9 Å². The number of hydrogen-bond donors (Lipinski definition) is 0. The molecule has 162 valence electrons. The summed E-state index contributed by atoms with van der Waals surface area (Å²) >= 11 is 0. The van der Waals surface area contributed by atoms with Crippen molar-refractivity contribution in [3.8, 4) is 22.8 Å². The summed E-state index contributed by atoms with van der Waals surface area (Å²) in [4.78, 5) is 19.3. The maximum atomic E-state index is 13.3. The van der Waals surface area contributed by atoms with Crippen LogP contribution in [0.2, 0.25) is 0 Å². The highest BCUT2D eigenvalue weighted by atomic mass is 32.2. The number of rotatable bonds is 5. The summed E-state index contributed by atoms with van der Waals surface area (Å²) in [5.74, 6) is 0.250. The van der Waals surface area contributed by atoms with Crippen molar-refractivity contribution in [3.05, 3.63) is 54.4 Å². The van der Waals surface area contributed by atoms with E-state index >= 15 is 0 Å². The molecule has 1 aromatic carbocycles. The first-order chi connectivity index (χ1) is 14.9. The monoisotopic (exact) mass is 442 g/mol. The molecule has 1 fully saturated rings. The number of hydrogen-bond acceptors (Lipinski definition) is 7. The lowest BCUT2D eigenvalue weighted by atomic mass is 10.1. The Labute approximate surface area is 180 Å². The van der Waals surface area contributed by atoms with E-state index in [1.54, 1.807) is 41.1 Å². The van der Waals surface area contributed by atoms with Crippen LogP contribution >= 0.6 is 0 Å². The molecule has 1 aliphatic rings. The molecule has 31 heavy (non-hydrogen) atoms. The Kier molecular flexibility index (Phi) is 5.70. The smallest absolute Gasteiger partial charge is 0.276 e. The van der Waals surface area contributed by atoms with Crippen molar-refractivity contribution >= 4 is 15.9 Å². The number of pyridine rings is 1. The average Bonchev–Trinajstić information content (AvgIpc) is 3.23. The number of benzene rings is 1. The van der Waals surface area contributed by atoms with E-state index in [0.717, 1.165) is 0 Å². The van der Waals surface area contributed by atoms with Gasteiger partial charge in [0.25, 0.3) is 5.91 Å². The van der Waals surface area contributed by atoms with Gasteiger partial charge in [-0.25, -0.2) is 13.1 Å². The third-order valence-corrected chi connectivity index (χ3v) is 6.39. The van der Waals surface area contributed by atoms with E-state index in [1.165, 1.54) is 10.6 Å². The zero-order valence-electron chi connectivity index (χ0n) is 17.2. The summed E-state index contributed by atoms with van der Waals surface area (Å²) in [6.07, 6.45) is 2.80. The molecule has 10 nitrogen and oxygen atoms in total. The highest BCUT2D eigenvalue weighted by molar-refractivity contribution is 7.88. The van der Waals surface area contributed by atoms with Crippen molar-refractivity contribution in [2.45, 2.75) is 0 Å². The Morgan fingerprint density at radius 3 is 2.39 bits per heavy atom. The normalized spacial score (nSPS) is 15.1. The molecular formula is C20H22N6O4S. The Balaban J connectivity index is 1.74. The average molecular weight is 443 g/mol. The SMILES string of the molecule is COc1ccccc1-n1nnc(C(=O)N2CCN(S(C)(=O)=O)CC2)c1-c1ccccn1. The third kappa shape index (κ3) is 4.14. The second kappa shape index (κ2) is 8.44. The van der Waals surface area contributed by atoms with Crippen LogP contribution in [-0.4, -0.2) is 83.1 Å². The molecule has 11 heteroatoms. The molecule has 0 unspecified atom stereocenters. The van der Waals surface area contributed by atoms with Crippen molar-refractivity contribution in [2.75, 3.05) is 39.5 Å². The van der Waals surface area contributed by atoms with Crippen LogP contribution in [0, 0.1) is 0 Å². The molecule has 0 bridgehead atoms. The molecule has 4 rings (SSSR count). The van der Waals surface area contributed by atoms with Gasteiger partial charge in [-0.05, 0) is 24.3 Å². The first-order valence-corrected chi connectivity index (χ1v) is 11.5. The first-order valence-electron chi connectivity index (χ1n) is 9.65. The highest BCUT2D eigenvalue weighted by Gasteiger charge is 2.31. The number of sulfonamides is 1. The summed E-state index contributed by atoms with van der Waals surface area (Å²) in [7, 11) is -1.73. The Hall–Kier alpha value is -3.31. The number of ether oxygens (including phenoxy) is 1. The van der Waals surface area contributed by atoms with Crippen molar-refractivity contribution in [3.63, 3.8) is 0 Å². The number of carbonyl (C=O) groups is 1. The molecule has 3 aromatic rings. The van der Waals surface area contributed by atoms with E-state index in [0.29, 0.717) is 22.8 Å². The Morgan fingerprint density at radius 2 is 1.74 bits per heavy atom. The second-order valence-corrected chi connectivity index (χ2v) is 9.02. The molecule has 1 aliphatic heterocycles. The van der Waals surface area contributed by atoms with Crippen molar-refractivity contribution in [1.29, 1.82) is 0 Å². The number of methoxy groups -OCH3 is 1. The minimum absolute atomic E-state index is 0.150. The van der Waals surface area contributed by atoms with E-state index in [-0.39, 0.29) is 37.8 Å². The zero-order chi connectivity index (χ0) is 22.0.